The smallest absolute Gasteiger partial charge is 0.151 e. The Bertz CT molecular complexity index is 469. The van der Waals surface area contributed by atoms with Gasteiger partial charge in [-0.15, -0.1) is 0 Å². The van der Waals surface area contributed by atoms with Gasteiger partial charge in [-0.2, -0.15) is 5.10 Å². The van der Waals surface area contributed by atoms with Crippen LogP contribution in [0.15, 0.2) is 17.2 Å². The van der Waals surface area contributed by atoms with E-state index in [0.29, 0.717) is 19.5 Å². The van der Waals surface area contributed by atoms with E-state index >= 15 is 0 Å². The van der Waals surface area contributed by atoms with E-state index in [0.717, 1.165) is 18.5 Å². The van der Waals surface area contributed by atoms with Crippen LogP contribution in [0.5, 0.6) is 0 Å². The number of nitrogens with zero attached hydrogens (tertiary/aromatic N) is 3. The Morgan fingerprint density at radius 3 is 2.58 bits per heavy atom. The zero-order chi connectivity index (χ0) is 14.0. The van der Waals surface area contributed by atoms with Crippen LogP contribution in [-0.2, 0) is 0 Å². The van der Waals surface area contributed by atoms with E-state index in [2.05, 4.69) is 5.10 Å². The minimum Gasteiger partial charge on any atom is -0.399 e. The first-order chi connectivity index (χ1) is 9.02. The van der Waals surface area contributed by atoms with Crippen LogP contribution in [0.2, 0.25) is 0 Å². The highest BCUT2D eigenvalue weighted by molar-refractivity contribution is 5.56. The van der Waals surface area contributed by atoms with Gasteiger partial charge >= 0.3 is 0 Å². The summed E-state index contributed by atoms with van der Waals surface area (Å²) in [6.07, 6.45) is 1.71. The van der Waals surface area contributed by atoms with Gasteiger partial charge in [0.2, 0.25) is 0 Å². The summed E-state index contributed by atoms with van der Waals surface area (Å²) in [5, 5.41) is 4.92. The van der Waals surface area contributed by atoms with Crippen LogP contribution in [0.3, 0.4) is 0 Å². The SMILES string of the molecule is N/C=N\N(N)C1CCN(c2c(F)cc(N)cc2F)C1. The molecule has 2 rings (SSSR count). The van der Waals surface area contributed by atoms with Gasteiger partial charge in [-0.25, -0.2) is 19.7 Å². The highest BCUT2D eigenvalue weighted by atomic mass is 19.1. The van der Waals surface area contributed by atoms with Crippen molar-refractivity contribution in [2.45, 2.75) is 12.5 Å². The molecule has 1 heterocycles. The minimum atomic E-state index is -0.677. The van der Waals surface area contributed by atoms with Crippen LogP contribution in [0.4, 0.5) is 20.2 Å². The predicted molar refractivity (Wildman–Crippen MR) is 70.1 cm³/mol. The number of hydrogen-bond acceptors (Lipinski definition) is 5. The Labute approximate surface area is 109 Å². The van der Waals surface area contributed by atoms with Gasteiger partial charge in [-0.05, 0) is 18.6 Å². The summed E-state index contributed by atoms with van der Waals surface area (Å²) < 4.78 is 27.6. The van der Waals surface area contributed by atoms with Crippen LogP contribution in [0, 0.1) is 11.6 Å². The van der Waals surface area contributed by atoms with Crippen molar-refractivity contribution in [3.05, 3.63) is 23.8 Å². The molecule has 1 aromatic carbocycles. The zero-order valence-corrected chi connectivity index (χ0v) is 10.3. The summed E-state index contributed by atoms with van der Waals surface area (Å²) in [5.74, 6) is 4.30. The summed E-state index contributed by atoms with van der Waals surface area (Å²) in [5.41, 5.74) is 10.5. The average molecular weight is 270 g/mol. The second-order valence-corrected chi connectivity index (χ2v) is 4.37. The topological polar surface area (TPSA) is 96.9 Å². The van der Waals surface area contributed by atoms with Crippen molar-refractivity contribution in [1.29, 1.82) is 0 Å². The van der Waals surface area contributed by atoms with Crippen molar-refractivity contribution < 1.29 is 8.78 Å². The summed E-state index contributed by atoms with van der Waals surface area (Å²) in [6, 6.07) is 2.06. The summed E-state index contributed by atoms with van der Waals surface area (Å²) in [7, 11) is 0. The van der Waals surface area contributed by atoms with Crippen molar-refractivity contribution in [3.8, 4) is 0 Å². The molecular formula is C11H16F2N6. The third-order valence-corrected chi connectivity index (χ3v) is 3.09. The number of halogens is 2. The summed E-state index contributed by atoms with van der Waals surface area (Å²) >= 11 is 0. The molecule has 8 heteroatoms. The molecule has 0 bridgehead atoms. The molecule has 0 spiro atoms. The highest BCUT2D eigenvalue weighted by Crippen LogP contribution is 2.29. The number of benzene rings is 1. The van der Waals surface area contributed by atoms with Crippen molar-refractivity contribution >= 4 is 17.7 Å². The largest absolute Gasteiger partial charge is 0.399 e. The second-order valence-electron chi connectivity index (χ2n) is 4.37. The first kappa shape index (κ1) is 13.3. The number of anilines is 2. The fourth-order valence-corrected chi connectivity index (χ4v) is 2.22. The van der Waals surface area contributed by atoms with Gasteiger partial charge in [0.15, 0.2) is 11.6 Å². The molecule has 19 heavy (non-hydrogen) atoms. The molecule has 0 aromatic heterocycles. The fourth-order valence-electron chi connectivity index (χ4n) is 2.22. The maximum absolute atomic E-state index is 13.8. The summed E-state index contributed by atoms with van der Waals surface area (Å²) in [4.78, 5) is 1.58. The third-order valence-electron chi connectivity index (χ3n) is 3.09. The normalized spacial score (nSPS) is 19.3. The lowest BCUT2D eigenvalue weighted by molar-refractivity contribution is 0.226. The quantitative estimate of drug-likeness (QED) is 0.240. The number of hydrazone groups is 1. The minimum absolute atomic E-state index is 0.0580. The Hall–Kier alpha value is -2.09. The third kappa shape index (κ3) is 2.68. The molecule has 6 nitrogen and oxygen atoms in total. The van der Waals surface area contributed by atoms with Gasteiger partial charge in [-0.3, -0.25) is 0 Å². The van der Waals surface area contributed by atoms with E-state index in [-0.39, 0.29) is 17.4 Å². The molecule has 1 unspecified atom stereocenters. The van der Waals surface area contributed by atoms with E-state index in [9.17, 15) is 8.78 Å². The molecular weight excluding hydrogens is 254 g/mol. The predicted octanol–water partition coefficient (Wildman–Crippen LogP) is 0.203. The molecule has 6 N–H and O–H groups in total. The van der Waals surface area contributed by atoms with Crippen molar-refractivity contribution in [2.75, 3.05) is 23.7 Å². The van der Waals surface area contributed by atoms with Gasteiger partial charge in [0, 0.05) is 18.8 Å². The molecule has 1 aliphatic rings. The monoisotopic (exact) mass is 270 g/mol. The van der Waals surface area contributed by atoms with Crippen LogP contribution in [-0.4, -0.2) is 30.6 Å². The van der Waals surface area contributed by atoms with Gasteiger partial charge in [0.05, 0.1) is 6.04 Å². The van der Waals surface area contributed by atoms with Crippen molar-refractivity contribution in [2.24, 2.45) is 16.7 Å². The second kappa shape index (κ2) is 5.27. The van der Waals surface area contributed by atoms with Crippen molar-refractivity contribution in [1.82, 2.24) is 5.12 Å². The molecule has 104 valence electrons. The number of nitrogens with two attached hydrogens (primary N) is 3. The first-order valence-corrected chi connectivity index (χ1v) is 5.80. The number of hydrazine groups is 1. The molecule has 1 saturated heterocycles. The lowest BCUT2D eigenvalue weighted by atomic mass is 10.2. The van der Waals surface area contributed by atoms with Crippen molar-refractivity contribution in [3.63, 3.8) is 0 Å². The first-order valence-electron chi connectivity index (χ1n) is 5.80. The van der Waals surface area contributed by atoms with Crippen LogP contribution < -0.4 is 22.2 Å². The molecule has 1 aliphatic heterocycles. The Balaban J connectivity index is 2.17. The highest BCUT2D eigenvalue weighted by Gasteiger charge is 2.29. The molecule has 0 radical (unpaired) electrons. The molecule has 0 aliphatic carbocycles. The van der Waals surface area contributed by atoms with Gasteiger partial charge in [0.25, 0.3) is 0 Å². The van der Waals surface area contributed by atoms with Crippen LogP contribution in [0.1, 0.15) is 6.42 Å². The fraction of sp³-hybridized carbons (Fsp3) is 0.364. The van der Waals surface area contributed by atoms with E-state index in [1.165, 1.54) is 5.12 Å². The summed E-state index contributed by atoms with van der Waals surface area (Å²) in [6.45, 7) is 0.849. The number of rotatable bonds is 3. The lowest BCUT2D eigenvalue weighted by Crippen LogP contribution is -2.39. The van der Waals surface area contributed by atoms with Gasteiger partial charge in [0.1, 0.15) is 12.0 Å². The van der Waals surface area contributed by atoms with E-state index < -0.39 is 11.6 Å². The maximum Gasteiger partial charge on any atom is 0.151 e. The lowest BCUT2D eigenvalue weighted by Gasteiger charge is -2.23. The van der Waals surface area contributed by atoms with Crippen LogP contribution >= 0.6 is 0 Å². The van der Waals surface area contributed by atoms with E-state index in [4.69, 9.17) is 17.3 Å². The Morgan fingerprint density at radius 2 is 2.00 bits per heavy atom. The van der Waals surface area contributed by atoms with E-state index in [1.54, 1.807) is 4.90 Å². The molecule has 0 saturated carbocycles. The van der Waals surface area contributed by atoms with Gasteiger partial charge < -0.3 is 16.4 Å². The Morgan fingerprint density at radius 1 is 1.37 bits per heavy atom. The number of nitrogen functional groups attached to an aromatic ring is 1. The average Bonchev–Trinajstić information content (AvgIpc) is 2.77. The van der Waals surface area contributed by atoms with E-state index in [1.807, 2.05) is 0 Å². The molecule has 1 fully saturated rings. The number of hydrogen-bond donors (Lipinski definition) is 3. The molecule has 0 amide bonds. The zero-order valence-electron chi connectivity index (χ0n) is 10.3. The standard InChI is InChI=1S/C11H16F2N6/c12-9-3-7(15)4-10(13)11(9)18-2-1-8(5-18)19(16)17-6-14/h3-4,6,8H,1-2,5,15-16H2,(H2,14,17). The molecule has 1 atom stereocenters. The van der Waals surface area contributed by atoms with Crippen LogP contribution in [0.25, 0.3) is 0 Å². The molecule has 1 aromatic rings. The van der Waals surface area contributed by atoms with Gasteiger partial charge in [-0.1, -0.05) is 0 Å². The Kier molecular flexibility index (Phi) is 3.70. The maximum atomic E-state index is 13.8.